The van der Waals surface area contributed by atoms with Crippen molar-refractivity contribution >= 4 is 0 Å². The monoisotopic (exact) mass is 388 g/mol. The van der Waals surface area contributed by atoms with Crippen molar-refractivity contribution in [3.63, 3.8) is 0 Å². The molecule has 3 atom stereocenters. The highest BCUT2D eigenvalue weighted by molar-refractivity contribution is 5.42. The van der Waals surface area contributed by atoms with E-state index in [1.54, 1.807) is 0 Å². The highest BCUT2D eigenvalue weighted by Crippen LogP contribution is 2.44. The van der Waals surface area contributed by atoms with Gasteiger partial charge in [0.1, 0.15) is 5.75 Å². The molecule has 0 bridgehead atoms. The molecule has 2 rings (SSSR count). The number of aromatic hydroxyl groups is 1. The molecule has 28 heavy (non-hydrogen) atoms. The fourth-order valence-corrected chi connectivity index (χ4v) is 5.01. The Kier molecular flexibility index (Phi) is 9.34. The molecule has 1 aliphatic rings. The zero-order valence-corrected chi connectivity index (χ0v) is 18.8. The van der Waals surface area contributed by atoms with Crippen molar-refractivity contribution in [1.82, 2.24) is 0 Å². The third kappa shape index (κ3) is 6.51. The van der Waals surface area contributed by atoms with Crippen LogP contribution in [0, 0.1) is 5.92 Å². The summed E-state index contributed by atoms with van der Waals surface area (Å²) < 4.78 is 0. The van der Waals surface area contributed by atoms with Gasteiger partial charge in [-0.2, -0.15) is 0 Å². The molecule has 1 aromatic carbocycles. The first-order valence-corrected chi connectivity index (χ1v) is 11.9. The van der Waals surface area contributed by atoms with Crippen LogP contribution in [0.1, 0.15) is 122 Å². The molecule has 2 heteroatoms. The third-order valence-corrected chi connectivity index (χ3v) is 7.01. The average molecular weight is 389 g/mol. The molecule has 0 heterocycles. The average Bonchev–Trinajstić information content (AvgIpc) is 2.66. The second kappa shape index (κ2) is 11.2. The van der Waals surface area contributed by atoms with Crippen LogP contribution in [0.15, 0.2) is 18.2 Å². The van der Waals surface area contributed by atoms with Crippen LogP contribution in [-0.2, 0) is 5.41 Å². The van der Waals surface area contributed by atoms with Gasteiger partial charge in [-0.05, 0) is 66.5 Å². The van der Waals surface area contributed by atoms with Gasteiger partial charge < -0.3 is 10.2 Å². The Hall–Kier alpha value is -1.02. The van der Waals surface area contributed by atoms with Gasteiger partial charge in [-0.25, -0.2) is 0 Å². The normalized spacial score (nSPS) is 23.1. The van der Waals surface area contributed by atoms with Crippen molar-refractivity contribution < 1.29 is 10.2 Å². The van der Waals surface area contributed by atoms with Gasteiger partial charge >= 0.3 is 0 Å². The Morgan fingerprint density at radius 3 is 2.36 bits per heavy atom. The van der Waals surface area contributed by atoms with E-state index in [9.17, 15) is 10.2 Å². The van der Waals surface area contributed by atoms with E-state index in [0.717, 1.165) is 31.2 Å². The molecule has 1 aliphatic carbocycles. The predicted octanol–water partition coefficient (Wildman–Crippen LogP) is 7.47. The van der Waals surface area contributed by atoms with Gasteiger partial charge in [0.25, 0.3) is 0 Å². The molecule has 0 radical (unpaired) electrons. The molecule has 160 valence electrons. The molecule has 0 unspecified atom stereocenters. The smallest absolute Gasteiger partial charge is 0.119 e. The lowest BCUT2D eigenvalue weighted by Crippen LogP contribution is -2.26. The van der Waals surface area contributed by atoms with Crippen LogP contribution in [0.2, 0.25) is 0 Å². The number of aliphatic hydroxyl groups excluding tert-OH is 1. The summed E-state index contributed by atoms with van der Waals surface area (Å²) in [6.07, 6.45) is 13.9. The summed E-state index contributed by atoms with van der Waals surface area (Å²) in [5.74, 6) is 1.33. The van der Waals surface area contributed by atoms with Crippen molar-refractivity contribution in [2.24, 2.45) is 5.92 Å². The second-order valence-corrected chi connectivity index (χ2v) is 9.80. The minimum atomic E-state index is -0.221. The first-order valence-electron chi connectivity index (χ1n) is 11.9. The molecule has 0 saturated heterocycles. The van der Waals surface area contributed by atoms with Gasteiger partial charge in [0.15, 0.2) is 0 Å². The van der Waals surface area contributed by atoms with Crippen molar-refractivity contribution in [2.45, 2.75) is 122 Å². The summed E-state index contributed by atoms with van der Waals surface area (Å²) in [5, 5.41) is 21.2. The van der Waals surface area contributed by atoms with Gasteiger partial charge in [-0.3, -0.25) is 0 Å². The van der Waals surface area contributed by atoms with E-state index in [2.05, 4.69) is 39.8 Å². The minimum absolute atomic E-state index is 0.0936. The van der Waals surface area contributed by atoms with Gasteiger partial charge in [0.2, 0.25) is 0 Å². The zero-order valence-electron chi connectivity index (χ0n) is 18.8. The number of hydrogen-bond acceptors (Lipinski definition) is 2. The zero-order chi connectivity index (χ0) is 20.6. The van der Waals surface area contributed by atoms with Crippen molar-refractivity contribution in [3.8, 4) is 5.75 Å². The molecule has 1 fully saturated rings. The quantitative estimate of drug-likeness (QED) is 0.386. The van der Waals surface area contributed by atoms with Crippen LogP contribution in [0.3, 0.4) is 0 Å². The molecule has 1 aromatic rings. The molecule has 0 spiro atoms. The van der Waals surface area contributed by atoms with Crippen LogP contribution in [0.5, 0.6) is 5.75 Å². The number of rotatable bonds is 11. The molecule has 2 N–H and O–H groups in total. The van der Waals surface area contributed by atoms with Crippen LogP contribution < -0.4 is 0 Å². The van der Waals surface area contributed by atoms with Gasteiger partial charge in [-0.1, -0.05) is 84.8 Å². The second-order valence-electron chi connectivity index (χ2n) is 9.80. The maximum absolute atomic E-state index is 10.9. The fraction of sp³-hybridized carbons (Fsp3) is 0.769. The van der Waals surface area contributed by atoms with E-state index >= 15 is 0 Å². The van der Waals surface area contributed by atoms with E-state index in [0.29, 0.717) is 17.6 Å². The largest absolute Gasteiger partial charge is 0.508 e. The van der Waals surface area contributed by atoms with Crippen LogP contribution in [0.25, 0.3) is 0 Å². The highest BCUT2D eigenvalue weighted by Gasteiger charge is 2.32. The highest BCUT2D eigenvalue weighted by atomic mass is 16.3. The number of hydrogen-bond donors (Lipinski definition) is 2. The number of unbranched alkanes of at least 4 members (excludes halogenated alkanes) is 5. The number of phenols is 1. The van der Waals surface area contributed by atoms with Crippen LogP contribution in [-0.4, -0.2) is 16.3 Å². The van der Waals surface area contributed by atoms with Crippen molar-refractivity contribution in [1.29, 1.82) is 0 Å². The maximum Gasteiger partial charge on any atom is 0.119 e. The van der Waals surface area contributed by atoms with Crippen molar-refractivity contribution in [3.05, 3.63) is 29.3 Å². The van der Waals surface area contributed by atoms with E-state index in [4.69, 9.17) is 0 Å². The first kappa shape index (κ1) is 23.3. The SMILES string of the molecule is CCCCCCC(C)(C)c1ccc([C@H]2C[C@@H](O)CC[C@@H]2CCCCC)c(O)c1. The number of aliphatic hydroxyl groups is 1. The molecule has 0 aromatic heterocycles. The van der Waals surface area contributed by atoms with Crippen LogP contribution in [0.4, 0.5) is 0 Å². The molecule has 2 nitrogen and oxygen atoms in total. The lowest BCUT2D eigenvalue weighted by molar-refractivity contribution is 0.0896. The van der Waals surface area contributed by atoms with E-state index < -0.39 is 0 Å². The molecule has 1 saturated carbocycles. The summed E-state index contributed by atoms with van der Waals surface area (Å²) in [4.78, 5) is 0. The summed E-state index contributed by atoms with van der Waals surface area (Å²) >= 11 is 0. The Bertz CT molecular complexity index is 578. The standard InChI is InChI=1S/C26H44O2/c1-5-7-9-11-17-26(3,4)21-14-16-23(25(28)18-21)24-19-22(27)15-13-20(24)12-10-8-6-2/h14,16,18,20,22,24,27-28H,5-13,15,17,19H2,1-4H3/t20-,22-,24-/m0/s1. The van der Waals surface area contributed by atoms with Gasteiger partial charge in [0, 0.05) is 0 Å². The predicted molar refractivity (Wildman–Crippen MR) is 120 cm³/mol. The lowest BCUT2D eigenvalue weighted by atomic mass is 9.71. The van der Waals surface area contributed by atoms with Gasteiger partial charge in [-0.15, -0.1) is 0 Å². The first-order chi connectivity index (χ1) is 13.4. The summed E-state index contributed by atoms with van der Waals surface area (Å²) in [5.41, 5.74) is 2.39. The van der Waals surface area contributed by atoms with E-state index in [1.165, 1.54) is 56.9 Å². The summed E-state index contributed by atoms with van der Waals surface area (Å²) in [6.45, 7) is 9.09. The minimum Gasteiger partial charge on any atom is -0.508 e. The van der Waals surface area contributed by atoms with E-state index in [1.807, 2.05) is 6.07 Å². The Labute approximate surface area is 173 Å². The molecular weight excluding hydrogens is 344 g/mol. The Morgan fingerprint density at radius 2 is 1.68 bits per heavy atom. The lowest BCUT2D eigenvalue weighted by Gasteiger charge is -2.35. The fourth-order valence-electron chi connectivity index (χ4n) is 5.01. The Balaban J connectivity index is 2.11. The maximum atomic E-state index is 10.9. The summed E-state index contributed by atoms with van der Waals surface area (Å²) in [7, 11) is 0. The number of phenolic OH excluding ortho intramolecular Hbond substituents is 1. The summed E-state index contributed by atoms with van der Waals surface area (Å²) in [6, 6.07) is 6.41. The molecule has 0 amide bonds. The van der Waals surface area contributed by atoms with Crippen molar-refractivity contribution in [2.75, 3.05) is 0 Å². The van der Waals surface area contributed by atoms with E-state index in [-0.39, 0.29) is 11.5 Å². The topological polar surface area (TPSA) is 40.5 Å². The third-order valence-electron chi connectivity index (χ3n) is 7.01. The molecular formula is C26H44O2. The van der Waals surface area contributed by atoms with Crippen LogP contribution >= 0.6 is 0 Å². The Morgan fingerprint density at radius 1 is 0.964 bits per heavy atom. The number of benzene rings is 1. The molecule has 0 aliphatic heterocycles. The van der Waals surface area contributed by atoms with Gasteiger partial charge in [0.05, 0.1) is 6.10 Å².